The number of carbonyl (C=O) groups is 1. The second-order valence-corrected chi connectivity index (χ2v) is 0.283. The van der Waals surface area contributed by atoms with Gasteiger partial charge in [0.25, 0.3) is 0 Å². The van der Waals surface area contributed by atoms with Gasteiger partial charge in [-0.25, -0.2) is 4.79 Å². The monoisotopic (exact) mass is 94.0 g/mol. The standard InChI is InChI=1S/CH2O3.2Li.H2O.H/c2-1(3)4;;;;/h(H2,2,3,4);;;1H2;/q;;+1;;/p-1. The molecule has 0 radical (unpaired) electrons. The van der Waals surface area contributed by atoms with Crippen LogP contribution in [0.2, 0.25) is 0 Å². The van der Waals surface area contributed by atoms with E-state index in [1.165, 1.54) is 0 Å². The number of hydrogen-bond acceptors (Lipinski definition) is 2. The van der Waals surface area contributed by atoms with Crippen molar-refractivity contribution in [1.29, 1.82) is 0 Å². The van der Waals surface area contributed by atoms with Crippen molar-refractivity contribution >= 4 is 25.0 Å². The molecule has 7 heavy (non-hydrogen) atoms. The summed E-state index contributed by atoms with van der Waals surface area (Å²) in [5.74, 6) is 0. The van der Waals surface area contributed by atoms with E-state index in [4.69, 9.17) is 15.0 Å². The number of hydrogen-bond donors (Lipinski definition) is 2. The summed E-state index contributed by atoms with van der Waals surface area (Å²) in [4.78, 5) is 8.56. The molecule has 0 atom stereocenters. The maximum atomic E-state index is 8.56. The van der Waals surface area contributed by atoms with E-state index in [1.807, 2.05) is 0 Å². The summed E-state index contributed by atoms with van der Waals surface area (Å²) in [6.45, 7) is 0. The van der Waals surface area contributed by atoms with Crippen LogP contribution < -0.4 is 18.9 Å². The Morgan fingerprint density at radius 2 is 1.29 bits per heavy atom. The summed E-state index contributed by atoms with van der Waals surface area (Å²) in [7, 11) is 0. The minimum absolute atomic E-state index is 0. The summed E-state index contributed by atoms with van der Waals surface area (Å²) >= 11 is 0. The summed E-state index contributed by atoms with van der Waals surface area (Å²) < 4.78 is 0. The summed E-state index contributed by atoms with van der Waals surface area (Å²) in [5, 5.41) is 13.9. The van der Waals surface area contributed by atoms with Gasteiger partial charge in [-0.1, -0.05) is 0 Å². The predicted octanol–water partition coefficient (Wildman–Crippen LogP) is -3.60. The van der Waals surface area contributed by atoms with Crippen LogP contribution in [0.25, 0.3) is 0 Å². The third-order valence-corrected chi connectivity index (χ3v) is 0. The van der Waals surface area contributed by atoms with E-state index >= 15 is 0 Å². The Morgan fingerprint density at radius 3 is 1.29 bits per heavy atom. The number of rotatable bonds is 0. The Morgan fingerprint density at radius 1 is 1.29 bits per heavy atom. The van der Waals surface area contributed by atoms with Crippen molar-refractivity contribution in [3.8, 4) is 0 Å². The van der Waals surface area contributed by atoms with Gasteiger partial charge in [0, 0.05) is 0 Å². The summed E-state index contributed by atoms with van der Waals surface area (Å²) in [6.07, 6.45) is -1.83. The molecule has 0 aliphatic rings. The van der Waals surface area contributed by atoms with Gasteiger partial charge in [-0.05, 0) is 0 Å². The quantitative estimate of drug-likeness (QED) is 0.303. The molecule has 0 aromatic rings. The fourth-order valence-electron chi connectivity index (χ4n) is 0. The molecule has 0 aromatic heterocycles. The van der Waals surface area contributed by atoms with Gasteiger partial charge >= 0.3 is 43.9 Å². The van der Waals surface area contributed by atoms with E-state index in [9.17, 15) is 0 Å². The maximum absolute atomic E-state index is 8.56. The van der Waals surface area contributed by atoms with E-state index in [-0.39, 0.29) is 43.2 Å². The van der Waals surface area contributed by atoms with E-state index in [1.54, 1.807) is 0 Å². The van der Waals surface area contributed by atoms with Gasteiger partial charge in [0.15, 0.2) is 0 Å². The zero-order valence-corrected chi connectivity index (χ0v) is 3.25. The molecule has 0 aliphatic heterocycles. The van der Waals surface area contributed by atoms with Gasteiger partial charge in [-0.3, -0.25) is 0 Å². The van der Waals surface area contributed by atoms with Crippen molar-refractivity contribution in [3.05, 3.63) is 0 Å². The van der Waals surface area contributed by atoms with Crippen LogP contribution in [0.5, 0.6) is 0 Å². The molecule has 0 aliphatic carbocycles. The molecule has 0 unspecified atom stereocenters. The van der Waals surface area contributed by atoms with Crippen molar-refractivity contribution in [2.24, 2.45) is 0 Å². The molecule has 0 spiro atoms. The summed E-state index contributed by atoms with van der Waals surface area (Å²) in [6, 6.07) is 0. The maximum Gasteiger partial charge on any atom is -0.870 e. The minimum atomic E-state index is -1.83. The van der Waals surface area contributed by atoms with Crippen LogP contribution in [0.15, 0.2) is 0 Å². The molecule has 0 aromatic carbocycles. The molecule has 34 valence electrons. The fraction of sp³-hybridized carbons (Fsp3) is 0. The van der Waals surface area contributed by atoms with Crippen molar-refractivity contribution < 1.29 is 39.3 Å². The van der Waals surface area contributed by atoms with Gasteiger partial charge in [0.05, 0.1) is 0 Å². The summed E-state index contributed by atoms with van der Waals surface area (Å²) in [5.41, 5.74) is 0. The molecule has 6 heteroatoms. The average molecular weight is 93.9 g/mol. The zero-order chi connectivity index (χ0) is 3.58. The second kappa shape index (κ2) is 16.1. The first-order valence-corrected chi connectivity index (χ1v) is 0.651. The van der Waals surface area contributed by atoms with Gasteiger partial charge in [0.1, 0.15) is 0 Å². The van der Waals surface area contributed by atoms with Crippen LogP contribution in [0.4, 0.5) is 4.79 Å². The van der Waals surface area contributed by atoms with Crippen LogP contribution in [0.1, 0.15) is 0 Å². The topological polar surface area (TPSA) is 87.5 Å². The van der Waals surface area contributed by atoms with Gasteiger partial charge in [-0.15, -0.1) is 0 Å². The molecule has 0 fully saturated rings. The molecule has 0 amide bonds. The Bertz CT molecular complexity index is 32.7. The predicted molar refractivity (Wildman–Crippen MR) is 19.7 cm³/mol. The van der Waals surface area contributed by atoms with Crippen LogP contribution in [-0.2, 0) is 0 Å². The first kappa shape index (κ1) is 26.1. The molecular weight excluding hydrogens is 89.9 g/mol. The van der Waals surface area contributed by atoms with E-state index in [0.29, 0.717) is 0 Å². The molecule has 3 N–H and O–H groups in total. The van der Waals surface area contributed by atoms with Crippen molar-refractivity contribution in [3.63, 3.8) is 0 Å². The Kier molecular flexibility index (Phi) is 60.2. The van der Waals surface area contributed by atoms with Crippen LogP contribution in [0.3, 0.4) is 0 Å². The van der Waals surface area contributed by atoms with Gasteiger partial charge < -0.3 is 15.7 Å². The molecule has 4 nitrogen and oxygen atoms in total. The smallest absolute Gasteiger partial charge is 0.870 e. The van der Waals surface area contributed by atoms with Crippen LogP contribution in [-0.4, -0.2) is 40.7 Å². The largest absolute Gasteiger partial charge is 0.870 e. The van der Waals surface area contributed by atoms with Crippen LogP contribution >= 0.6 is 0 Å². The first-order valence-electron chi connectivity index (χ1n) is 0.651. The second-order valence-electron chi connectivity index (χ2n) is 0.283. The Balaban J connectivity index is -0.0000000150. The Labute approximate surface area is 64.6 Å². The average Bonchev–Trinajstić information content (AvgIpc) is 0.811. The molecule has 0 saturated heterocycles. The zero-order valence-electron chi connectivity index (χ0n) is 3.25. The van der Waals surface area contributed by atoms with E-state index in [2.05, 4.69) is 0 Å². The van der Waals surface area contributed by atoms with Crippen molar-refractivity contribution in [2.45, 2.75) is 0 Å². The van der Waals surface area contributed by atoms with E-state index < -0.39 is 6.16 Å². The van der Waals surface area contributed by atoms with Crippen LogP contribution in [0, 0.1) is 0 Å². The first-order chi connectivity index (χ1) is 1.73. The van der Waals surface area contributed by atoms with Gasteiger partial charge in [0.2, 0.25) is 0 Å². The van der Waals surface area contributed by atoms with Crippen molar-refractivity contribution in [1.82, 2.24) is 0 Å². The third-order valence-electron chi connectivity index (χ3n) is 0. The molecule has 0 saturated carbocycles. The molecule has 0 bridgehead atoms. The van der Waals surface area contributed by atoms with Gasteiger partial charge in [-0.2, -0.15) is 0 Å². The molecular formula is CH4Li2O4. The minimum Gasteiger partial charge on any atom is -0.870 e. The molecule has 0 rings (SSSR count). The Hall–Kier alpha value is 0.425. The SMILES string of the molecule is O=C(O)O.[Li+].[LiH].[OH-]. The fourth-order valence-corrected chi connectivity index (χ4v) is 0. The molecule has 0 heterocycles. The number of carboxylic acid groups (broad SMARTS) is 2. The van der Waals surface area contributed by atoms with Crippen molar-refractivity contribution in [2.75, 3.05) is 0 Å². The van der Waals surface area contributed by atoms with E-state index in [0.717, 1.165) is 0 Å². The normalized spacial score (nSPS) is 3.43. The third kappa shape index (κ3) is 697.